The van der Waals surface area contributed by atoms with Crippen LogP contribution in [0.1, 0.15) is 22.5 Å². The van der Waals surface area contributed by atoms with Crippen molar-refractivity contribution in [3.8, 4) is 0 Å². The van der Waals surface area contributed by atoms with Gasteiger partial charge in [-0.2, -0.15) is 0 Å². The van der Waals surface area contributed by atoms with Crippen molar-refractivity contribution in [1.82, 2.24) is 9.88 Å². The zero-order valence-electron chi connectivity index (χ0n) is 12.6. The standard InChI is InChI=1S/C16H18N2O3S/c1-11-9-15(17-14-6-4-3-5-13(11)14)16(19)18(2)12-7-8-22(20,21)10-12/h3-6,9,12H,7-8,10H2,1-2H3. The first-order valence-corrected chi connectivity index (χ1v) is 9.03. The summed E-state index contributed by atoms with van der Waals surface area (Å²) in [6, 6.07) is 9.18. The first-order valence-electron chi connectivity index (χ1n) is 7.21. The van der Waals surface area contributed by atoms with E-state index in [-0.39, 0.29) is 23.5 Å². The van der Waals surface area contributed by atoms with Crippen LogP contribution in [-0.4, -0.2) is 48.8 Å². The lowest BCUT2D eigenvalue weighted by molar-refractivity contribution is 0.0742. The zero-order valence-corrected chi connectivity index (χ0v) is 13.4. The fourth-order valence-corrected chi connectivity index (χ4v) is 4.66. The number of benzene rings is 1. The predicted molar refractivity (Wildman–Crippen MR) is 85.6 cm³/mol. The molecule has 0 saturated carbocycles. The molecule has 0 N–H and O–H groups in total. The molecule has 0 radical (unpaired) electrons. The topological polar surface area (TPSA) is 67.3 Å². The van der Waals surface area contributed by atoms with E-state index in [0.717, 1.165) is 16.5 Å². The van der Waals surface area contributed by atoms with Crippen LogP contribution >= 0.6 is 0 Å². The molecule has 1 aliphatic heterocycles. The van der Waals surface area contributed by atoms with Gasteiger partial charge in [0.1, 0.15) is 5.69 Å². The minimum absolute atomic E-state index is 0.0435. The number of carbonyl (C=O) groups is 1. The van der Waals surface area contributed by atoms with Crippen molar-refractivity contribution < 1.29 is 13.2 Å². The van der Waals surface area contributed by atoms with Gasteiger partial charge in [0.05, 0.1) is 17.0 Å². The molecule has 1 aliphatic rings. The average Bonchev–Trinajstić information content (AvgIpc) is 2.86. The number of hydrogen-bond acceptors (Lipinski definition) is 4. The quantitative estimate of drug-likeness (QED) is 0.847. The Morgan fingerprint density at radius 2 is 2.05 bits per heavy atom. The van der Waals surface area contributed by atoms with Crippen molar-refractivity contribution in [1.29, 1.82) is 0 Å². The highest BCUT2D eigenvalue weighted by molar-refractivity contribution is 7.91. The summed E-state index contributed by atoms with van der Waals surface area (Å²) < 4.78 is 23.2. The SMILES string of the molecule is Cc1cc(C(=O)N(C)C2CCS(=O)(=O)C2)nc2ccccc12. The largest absolute Gasteiger partial charge is 0.336 e. The number of rotatable bonds is 2. The first-order chi connectivity index (χ1) is 10.4. The minimum atomic E-state index is -3.01. The lowest BCUT2D eigenvalue weighted by atomic mass is 10.1. The lowest BCUT2D eigenvalue weighted by Gasteiger charge is -2.23. The normalized spacial score (nSPS) is 20.2. The molecule has 3 rings (SSSR count). The highest BCUT2D eigenvalue weighted by Crippen LogP contribution is 2.21. The number of sulfone groups is 1. The number of amides is 1. The fourth-order valence-electron chi connectivity index (χ4n) is 2.89. The van der Waals surface area contributed by atoms with Crippen molar-refractivity contribution in [2.75, 3.05) is 18.6 Å². The van der Waals surface area contributed by atoms with E-state index < -0.39 is 9.84 Å². The lowest BCUT2D eigenvalue weighted by Crippen LogP contribution is -2.38. The van der Waals surface area contributed by atoms with Gasteiger partial charge in [-0.15, -0.1) is 0 Å². The van der Waals surface area contributed by atoms with Gasteiger partial charge in [-0.1, -0.05) is 18.2 Å². The Kier molecular flexibility index (Phi) is 3.64. The van der Waals surface area contributed by atoms with E-state index in [4.69, 9.17) is 0 Å². The van der Waals surface area contributed by atoms with Gasteiger partial charge in [0.25, 0.3) is 5.91 Å². The summed E-state index contributed by atoms with van der Waals surface area (Å²) in [6.45, 7) is 1.95. The smallest absolute Gasteiger partial charge is 0.272 e. The second-order valence-corrected chi connectivity index (χ2v) is 8.04. The highest BCUT2D eigenvalue weighted by atomic mass is 32.2. The molecule has 116 valence electrons. The van der Waals surface area contributed by atoms with Crippen LogP contribution in [0.25, 0.3) is 10.9 Å². The number of pyridine rings is 1. The van der Waals surface area contributed by atoms with E-state index in [1.807, 2.05) is 31.2 Å². The van der Waals surface area contributed by atoms with Crippen LogP contribution in [0.2, 0.25) is 0 Å². The molecule has 0 spiro atoms. The third kappa shape index (κ3) is 2.70. The summed E-state index contributed by atoms with van der Waals surface area (Å²) in [4.78, 5) is 18.5. The summed E-state index contributed by atoms with van der Waals surface area (Å²) in [5.74, 6) is -0.0303. The highest BCUT2D eigenvalue weighted by Gasteiger charge is 2.33. The molecule has 0 aliphatic carbocycles. The van der Waals surface area contributed by atoms with Crippen LogP contribution in [0.5, 0.6) is 0 Å². The molecule has 1 aromatic carbocycles. The van der Waals surface area contributed by atoms with E-state index in [0.29, 0.717) is 12.1 Å². The number of nitrogens with zero attached hydrogens (tertiary/aromatic N) is 2. The van der Waals surface area contributed by atoms with Crippen LogP contribution in [0.4, 0.5) is 0 Å². The van der Waals surface area contributed by atoms with E-state index in [1.165, 1.54) is 4.90 Å². The van der Waals surface area contributed by atoms with E-state index in [2.05, 4.69) is 4.98 Å². The third-order valence-electron chi connectivity index (χ3n) is 4.22. The fraction of sp³-hybridized carbons (Fsp3) is 0.375. The molecule has 1 unspecified atom stereocenters. The number of hydrogen-bond donors (Lipinski definition) is 0. The molecular weight excluding hydrogens is 300 g/mol. The van der Waals surface area contributed by atoms with Gasteiger partial charge in [0, 0.05) is 18.5 Å². The van der Waals surface area contributed by atoms with Crippen LogP contribution < -0.4 is 0 Å². The maximum absolute atomic E-state index is 12.6. The van der Waals surface area contributed by atoms with E-state index >= 15 is 0 Å². The zero-order chi connectivity index (χ0) is 15.9. The predicted octanol–water partition coefficient (Wildman–Crippen LogP) is 1.80. The molecule has 0 bridgehead atoms. The number of aryl methyl sites for hydroxylation is 1. The summed E-state index contributed by atoms with van der Waals surface area (Å²) in [7, 11) is -1.36. The monoisotopic (exact) mass is 318 g/mol. The van der Waals surface area contributed by atoms with E-state index in [1.54, 1.807) is 13.1 Å². The average molecular weight is 318 g/mol. The molecule has 2 aromatic rings. The van der Waals surface area contributed by atoms with E-state index in [9.17, 15) is 13.2 Å². The van der Waals surface area contributed by atoms with Crippen molar-refractivity contribution in [2.24, 2.45) is 0 Å². The third-order valence-corrected chi connectivity index (χ3v) is 5.97. The van der Waals surface area contributed by atoms with Crippen molar-refractivity contribution in [3.63, 3.8) is 0 Å². The van der Waals surface area contributed by atoms with Crippen LogP contribution in [0.3, 0.4) is 0 Å². The molecule has 1 atom stereocenters. The van der Waals surface area contributed by atoms with Crippen LogP contribution in [-0.2, 0) is 9.84 Å². The number of para-hydroxylation sites is 1. The Morgan fingerprint density at radius 1 is 1.32 bits per heavy atom. The van der Waals surface area contributed by atoms with Gasteiger partial charge in [-0.25, -0.2) is 13.4 Å². The van der Waals surface area contributed by atoms with Gasteiger partial charge in [-0.3, -0.25) is 4.79 Å². The number of fused-ring (bicyclic) bond motifs is 1. The van der Waals surface area contributed by atoms with Gasteiger partial charge in [0.2, 0.25) is 0 Å². The summed E-state index contributed by atoms with van der Waals surface area (Å²) >= 11 is 0. The first kappa shape index (κ1) is 15.0. The Morgan fingerprint density at radius 3 is 2.73 bits per heavy atom. The molecule has 1 amide bonds. The molecular formula is C16H18N2O3S. The second-order valence-electron chi connectivity index (χ2n) is 5.81. The van der Waals surface area contributed by atoms with Crippen LogP contribution in [0.15, 0.2) is 30.3 Å². The molecule has 2 heterocycles. The summed E-state index contributed by atoms with van der Waals surface area (Å²) in [5.41, 5.74) is 2.13. The molecule has 1 saturated heterocycles. The Balaban J connectivity index is 1.92. The Hall–Kier alpha value is -1.95. The maximum atomic E-state index is 12.6. The van der Waals surface area contributed by atoms with Gasteiger partial charge < -0.3 is 4.90 Å². The van der Waals surface area contributed by atoms with Gasteiger partial charge in [-0.05, 0) is 31.0 Å². The second kappa shape index (κ2) is 5.35. The number of aromatic nitrogens is 1. The molecule has 5 nitrogen and oxygen atoms in total. The molecule has 6 heteroatoms. The number of carbonyl (C=O) groups excluding carboxylic acids is 1. The van der Waals surface area contributed by atoms with Crippen LogP contribution in [0, 0.1) is 6.92 Å². The van der Waals surface area contributed by atoms with Gasteiger partial charge in [0.15, 0.2) is 9.84 Å². The molecule has 1 fully saturated rings. The minimum Gasteiger partial charge on any atom is -0.336 e. The van der Waals surface area contributed by atoms with Crippen molar-refractivity contribution >= 4 is 26.6 Å². The van der Waals surface area contributed by atoms with Gasteiger partial charge >= 0.3 is 0 Å². The molecule has 1 aromatic heterocycles. The molecule has 22 heavy (non-hydrogen) atoms. The summed E-state index contributed by atoms with van der Waals surface area (Å²) in [5, 5.41) is 1.02. The maximum Gasteiger partial charge on any atom is 0.272 e. The van der Waals surface area contributed by atoms with Crippen molar-refractivity contribution in [2.45, 2.75) is 19.4 Å². The Labute approximate surface area is 129 Å². The summed E-state index contributed by atoms with van der Waals surface area (Å²) in [6.07, 6.45) is 0.497. The Bertz CT molecular complexity index is 846. The van der Waals surface area contributed by atoms with Crippen molar-refractivity contribution in [3.05, 3.63) is 41.6 Å².